The highest BCUT2D eigenvalue weighted by atomic mass is 35.5. The highest BCUT2D eigenvalue weighted by Crippen LogP contribution is 2.32. The number of amides is 1. The maximum absolute atomic E-state index is 11.7. The summed E-state index contributed by atoms with van der Waals surface area (Å²) in [6, 6.07) is 0. The molecule has 1 unspecified atom stereocenters. The van der Waals surface area contributed by atoms with E-state index in [-0.39, 0.29) is 36.8 Å². The van der Waals surface area contributed by atoms with Crippen LogP contribution in [0.1, 0.15) is 26.7 Å². The number of halogens is 2. The highest BCUT2D eigenvalue weighted by Gasteiger charge is 2.45. The Balaban J connectivity index is 0.00000180. The number of nitrogens with one attached hydrogen (secondary N) is 1. The van der Waals surface area contributed by atoms with Crippen LogP contribution < -0.4 is 11.1 Å². The van der Waals surface area contributed by atoms with Crippen LogP contribution in [0.15, 0.2) is 0 Å². The van der Waals surface area contributed by atoms with E-state index in [1.165, 1.54) is 0 Å². The third kappa shape index (κ3) is 5.74. The molecule has 0 radical (unpaired) electrons. The number of rotatable bonds is 5. The number of morpholine rings is 1. The van der Waals surface area contributed by atoms with Crippen LogP contribution in [0.5, 0.6) is 0 Å². The van der Waals surface area contributed by atoms with E-state index >= 15 is 0 Å². The number of hydrogen-bond acceptors (Lipinski definition) is 4. The Hall–Kier alpha value is -0.0700. The molecule has 0 aromatic rings. The molecule has 1 saturated carbocycles. The van der Waals surface area contributed by atoms with Crippen LogP contribution in [0.25, 0.3) is 0 Å². The first-order chi connectivity index (χ1) is 8.49. The van der Waals surface area contributed by atoms with Crippen molar-refractivity contribution < 1.29 is 9.53 Å². The van der Waals surface area contributed by atoms with Crippen LogP contribution in [0, 0.1) is 5.92 Å². The van der Waals surface area contributed by atoms with E-state index in [2.05, 4.69) is 24.1 Å². The van der Waals surface area contributed by atoms with Gasteiger partial charge in [0.2, 0.25) is 5.91 Å². The highest BCUT2D eigenvalue weighted by molar-refractivity contribution is 5.88. The summed E-state index contributed by atoms with van der Waals surface area (Å²) in [5.41, 5.74) is 5.26. The zero-order valence-electron chi connectivity index (χ0n) is 12.3. The van der Waals surface area contributed by atoms with Gasteiger partial charge < -0.3 is 15.8 Å². The molecule has 0 aromatic heterocycles. The van der Waals surface area contributed by atoms with Crippen molar-refractivity contribution in [2.75, 3.05) is 32.8 Å². The van der Waals surface area contributed by atoms with Crippen LogP contribution in [-0.4, -0.2) is 55.2 Å². The molecule has 1 saturated heterocycles. The second kappa shape index (κ2) is 8.39. The standard InChI is InChI=1S/C13H25N3O2.2ClH/c1-10(2)8-16-5-6-18-11(9-16)7-15-12(17)13(14)3-4-13;;/h10-11H,3-9,14H2,1-2H3,(H,15,17);2*1H. The van der Waals surface area contributed by atoms with Gasteiger partial charge in [0.05, 0.1) is 18.2 Å². The van der Waals surface area contributed by atoms with Crippen molar-refractivity contribution in [3.63, 3.8) is 0 Å². The second-order valence-electron chi connectivity index (χ2n) is 6.01. The fraction of sp³-hybridized carbons (Fsp3) is 0.923. The van der Waals surface area contributed by atoms with E-state index in [1.54, 1.807) is 0 Å². The van der Waals surface area contributed by atoms with Crippen molar-refractivity contribution in [3.8, 4) is 0 Å². The Labute approximate surface area is 133 Å². The average molecular weight is 328 g/mol. The van der Waals surface area contributed by atoms with E-state index in [1.807, 2.05) is 0 Å². The van der Waals surface area contributed by atoms with Crippen LogP contribution >= 0.6 is 24.8 Å². The zero-order chi connectivity index (χ0) is 13.2. The molecule has 0 bridgehead atoms. The Morgan fingerprint density at radius 1 is 1.45 bits per heavy atom. The van der Waals surface area contributed by atoms with Crippen molar-refractivity contribution in [3.05, 3.63) is 0 Å². The molecule has 1 amide bonds. The van der Waals surface area contributed by atoms with Gasteiger partial charge in [0, 0.05) is 26.2 Å². The van der Waals surface area contributed by atoms with Crippen molar-refractivity contribution in [2.24, 2.45) is 11.7 Å². The first-order valence-electron chi connectivity index (χ1n) is 6.91. The van der Waals surface area contributed by atoms with Gasteiger partial charge >= 0.3 is 0 Å². The smallest absolute Gasteiger partial charge is 0.240 e. The van der Waals surface area contributed by atoms with Crippen molar-refractivity contribution >= 4 is 30.7 Å². The fourth-order valence-electron chi connectivity index (χ4n) is 2.33. The number of nitrogens with zero attached hydrogens (tertiary/aromatic N) is 1. The molecule has 3 N–H and O–H groups in total. The molecule has 2 fully saturated rings. The maximum atomic E-state index is 11.7. The van der Waals surface area contributed by atoms with E-state index in [9.17, 15) is 4.79 Å². The molecule has 20 heavy (non-hydrogen) atoms. The predicted octanol–water partition coefficient (Wildman–Crippen LogP) is 0.794. The summed E-state index contributed by atoms with van der Waals surface area (Å²) >= 11 is 0. The molecule has 1 heterocycles. The van der Waals surface area contributed by atoms with Gasteiger partial charge in [0.1, 0.15) is 0 Å². The monoisotopic (exact) mass is 327 g/mol. The van der Waals surface area contributed by atoms with E-state index in [4.69, 9.17) is 10.5 Å². The molecule has 1 atom stereocenters. The largest absolute Gasteiger partial charge is 0.374 e. The van der Waals surface area contributed by atoms with Gasteiger partial charge in [0.25, 0.3) is 0 Å². The lowest BCUT2D eigenvalue weighted by atomic mass is 10.1. The molecule has 2 aliphatic rings. The number of hydrogen-bond donors (Lipinski definition) is 2. The Morgan fingerprint density at radius 3 is 2.65 bits per heavy atom. The topological polar surface area (TPSA) is 67.6 Å². The Morgan fingerprint density at radius 2 is 2.10 bits per heavy atom. The first-order valence-corrected chi connectivity index (χ1v) is 6.91. The quantitative estimate of drug-likeness (QED) is 0.783. The number of ether oxygens (including phenoxy) is 1. The second-order valence-corrected chi connectivity index (χ2v) is 6.01. The first kappa shape index (κ1) is 19.9. The Bertz CT molecular complexity index is 312. The van der Waals surface area contributed by atoms with Gasteiger partial charge in [-0.3, -0.25) is 9.69 Å². The summed E-state index contributed by atoms with van der Waals surface area (Å²) in [6.07, 6.45) is 1.72. The maximum Gasteiger partial charge on any atom is 0.240 e. The van der Waals surface area contributed by atoms with Gasteiger partial charge in [-0.15, -0.1) is 24.8 Å². The number of carbonyl (C=O) groups excluding carboxylic acids is 1. The zero-order valence-corrected chi connectivity index (χ0v) is 13.9. The minimum atomic E-state index is -0.577. The molecule has 1 aliphatic carbocycles. The molecule has 5 nitrogen and oxygen atoms in total. The molecule has 120 valence electrons. The number of carbonyl (C=O) groups is 1. The lowest BCUT2D eigenvalue weighted by Gasteiger charge is -2.34. The van der Waals surface area contributed by atoms with Crippen LogP contribution in [0.3, 0.4) is 0 Å². The molecular formula is C13H27Cl2N3O2. The SMILES string of the molecule is CC(C)CN1CCOC(CNC(=O)C2(N)CC2)C1.Cl.Cl. The van der Waals surface area contributed by atoms with Crippen LogP contribution in [0.2, 0.25) is 0 Å². The normalized spacial score (nSPS) is 24.5. The molecule has 1 aliphatic heterocycles. The third-order valence-electron chi connectivity index (χ3n) is 3.58. The van der Waals surface area contributed by atoms with Gasteiger partial charge in [-0.25, -0.2) is 0 Å². The summed E-state index contributed by atoms with van der Waals surface area (Å²) in [7, 11) is 0. The molecule has 7 heteroatoms. The van der Waals surface area contributed by atoms with Gasteiger partial charge in [0.15, 0.2) is 0 Å². The fourth-order valence-corrected chi connectivity index (χ4v) is 2.33. The summed E-state index contributed by atoms with van der Waals surface area (Å²) in [6.45, 7) is 8.75. The molecular weight excluding hydrogens is 301 g/mol. The minimum Gasteiger partial charge on any atom is -0.374 e. The van der Waals surface area contributed by atoms with Crippen molar-refractivity contribution in [1.82, 2.24) is 10.2 Å². The minimum absolute atomic E-state index is 0. The Kier molecular flexibility index (Phi) is 8.36. The summed E-state index contributed by atoms with van der Waals surface area (Å²) in [4.78, 5) is 14.1. The van der Waals surface area contributed by atoms with Crippen molar-refractivity contribution in [1.29, 1.82) is 0 Å². The lowest BCUT2D eigenvalue weighted by Crippen LogP contribution is -2.51. The van der Waals surface area contributed by atoms with E-state index < -0.39 is 5.54 Å². The number of nitrogens with two attached hydrogens (primary N) is 1. The predicted molar refractivity (Wildman–Crippen MR) is 84.7 cm³/mol. The average Bonchev–Trinajstić information content (AvgIpc) is 3.05. The summed E-state index contributed by atoms with van der Waals surface area (Å²) < 4.78 is 5.68. The van der Waals surface area contributed by atoms with Gasteiger partial charge in [-0.2, -0.15) is 0 Å². The van der Waals surface area contributed by atoms with E-state index in [0.717, 1.165) is 39.1 Å². The van der Waals surface area contributed by atoms with Gasteiger partial charge in [-0.1, -0.05) is 13.8 Å². The molecule has 0 aromatic carbocycles. The summed E-state index contributed by atoms with van der Waals surface area (Å²) in [5.74, 6) is 0.643. The third-order valence-corrected chi connectivity index (χ3v) is 3.58. The molecule has 0 spiro atoms. The molecule has 2 rings (SSSR count). The van der Waals surface area contributed by atoms with Crippen LogP contribution in [0.4, 0.5) is 0 Å². The van der Waals surface area contributed by atoms with E-state index in [0.29, 0.717) is 12.5 Å². The van der Waals surface area contributed by atoms with Gasteiger partial charge in [-0.05, 0) is 18.8 Å². The summed E-state index contributed by atoms with van der Waals surface area (Å²) in [5, 5.41) is 2.91. The lowest BCUT2D eigenvalue weighted by molar-refractivity contribution is -0.124. The van der Waals surface area contributed by atoms with Crippen molar-refractivity contribution in [2.45, 2.75) is 38.3 Å². The van der Waals surface area contributed by atoms with Crippen LogP contribution in [-0.2, 0) is 9.53 Å².